The molecule has 0 amide bonds. The van der Waals surface area contributed by atoms with Crippen molar-refractivity contribution in [3.8, 4) is 0 Å². The van der Waals surface area contributed by atoms with Crippen molar-refractivity contribution in [3.05, 3.63) is 10.7 Å². The number of nitrogens with zero attached hydrogens (tertiary/aromatic N) is 2. The van der Waals surface area contributed by atoms with Gasteiger partial charge in [0.05, 0.1) is 5.69 Å². The third kappa shape index (κ3) is 1.97. The Morgan fingerprint density at radius 3 is 2.54 bits per heavy atom. The number of halogens is 1. The SMILES string of the molecule is CCCn1nc(C(C)C)c(Cl)c1N. The lowest BCUT2D eigenvalue weighted by molar-refractivity contribution is 0.595. The maximum Gasteiger partial charge on any atom is 0.140 e. The maximum atomic E-state index is 6.04. The molecule has 1 heterocycles. The van der Waals surface area contributed by atoms with Crippen molar-refractivity contribution in [3.63, 3.8) is 0 Å². The number of nitrogens with two attached hydrogens (primary N) is 1. The molecule has 0 unspecified atom stereocenters. The highest BCUT2D eigenvalue weighted by atomic mass is 35.5. The van der Waals surface area contributed by atoms with Gasteiger partial charge in [-0.3, -0.25) is 0 Å². The van der Waals surface area contributed by atoms with E-state index >= 15 is 0 Å². The summed E-state index contributed by atoms with van der Waals surface area (Å²) in [6.07, 6.45) is 1.01. The van der Waals surface area contributed by atoms with E-state index in [-0.39, 0.29) is 0 Å². The zero-order valence-corrected chi connectivity index (χ0v) is 9.10. The molecule has 0 saturated carbocycles. The molecule has 0 spiro atoms. The van der Waals surface area contributed by atoms with E-state index in [2.05, 4.69) is 25.9 Å². The van der Waals surface area contributed by atoms with Crippen LogP contribution in [0.5, 0.6) is 0 Å². The second kappa shape index (κ2) is 4.01. The van der Waals surface area contributed by atoms with Crippen LogP contribution in [-0.4, -0.2) is 9.78 Å². The molecule has 4 heteroatoms. The molecule has 0 aliphatic carbocycles. The molecule has 2 N–H and O–H groups in total. The van der Waals surface area contributed by atoms with Crippen LogP contribution in [0.1, 0.15) is 38.8 Å². The number of aromatic nitrogens is 2. The summed E-state index contributed by atoms with van der Waals surface area (Å²) in [5, 5.41) is 4.97. The maximum absolute atomic E-state index is 6.04. The Bertz CT molecular complexity index is 291. The van der Waals surface area contributed by atoms with Crippen molar-refractivity contribution < 1.29 is 0 Å². The summed E-state index contributed by atoms with van der Waals surface area (Å²) in [4.78, 5) is 0. The Morgan fingerprint density at radius 2 is 2.15 bits per heavy atom. The molecule has 13 heavy (non-hydrogen) atoms. The predicted octanol–water partition coefficient (Wildman–Crippen LogP) is 2.65. The fraction of sp³-hybridized carbons (Fsp3) is 0.667. The Balaban J connectivity index is 3.05. The van der Waals surface area contributed by atoms with Crippen LogP contribution < -0.4 is 5.73 Å². The third-order valence-corrected chi connectivity index (χ3v) is 2.33. The van der Waals surface area contributed by atoms with Gasteiger partial charge in [0.1, 0.15) is 10.8 Å². The van der Waals surface area contributed by atoms with Crippen LogP contribution in [-0.2, 0) is 6.54 Å². The topological polar surface area (TPSA) is 43.8 Å². The normalized spacial score (nSPS) is 11.2. The highest BCUT2D eigenvalue weighted by molar-refractivity contribution is 6.33. The predicted molar refractivity (Wildman–Crippen MR) is 56.0 cm³/mol. The number of hydrogen-bond acceptors (Lipinski definition) is 2. The summed E-state index contributed by atoms with van der Waals surface area (Å²) in [6.45, 7) is 7.04. The van der Waals surface area contributed by atoms with Gasteiger partial charge in [-0.15, -0.1) is 0 Å². The van der Waals surface area contributed by atoms with E-state index in [9.17, 15) is 0 Å². The van der Waals surface area contributed by atoms with Gasteiger partial charge in [-0.1, -0.05) is 32.4 Å². The first-order valence-corrected chi connectivity index (χ1v) is 4.97. The summed E-state index contributed by atoms with van der Waals surface area (Å²) in [6, 6.07) is 0. The molecule has 1 aromatic rings. The average molecular weight is 202 g/mol. The van der Waals surface area contributed by atoms with Crippen molar-refractivity contribution >= 4 is 17.4 Å². The Labute approximate surface area is 83.9 Å². The van der Waals surface area contributed by atoms with E-state index in [1.54, 1.807) is 4.68 Å². The molecule has 0 atom stereocenters. The third-order valence-electron chi connectivity index (χ3n) is 1.94. The van der Waals surface area contributed by atoms with Gasteiger partial charge >= 0.3 is 0 Å². The van der Waals surface area contributed by atoms with E-state index in [1.807, 2.05) is 0 Å². The van der Waals surface area contributed by atoms with Crippen LogP contribution in [0.15, 0.2) is 0 Å². The molecule has 0 bridgehead atoms. The molecule has 0 radical (unpaired) electrons. The monoisotopic (exact) mass is 201 g/mol. The Hall–Kier alpha value is -0.700. The summed E-state index contributed by atoms with van der Waals surface area (Å²) < 4.78 is 1.78. The van der Waals surface area contributed by atoms with Gasteiger partial charge in [-0.25, -0.2) is 4.68 Å². The Kier molecular flexibility index (Phi) is 3.20. The zero-order chi connectivity index (χ0) is 10.0. The standard InChI is InChI=1S/C9H16ClN3/c1-4-5-13-9(11)7(10)8(12-13)6(2)3/h6H,4-5,11H2,1-3H3. The van der Waals surface area contributed by atoms with Crippen LogP contribution in [0, 0.1) is 0 Å². The molecular weight excluding hydrogens is 186 g/mol. The molecule has 0 saturated heterocycles. The number of hydrogen-bond donors (Lipinski definition) is 1. The number of aryl methyl sites for hydroxylation is 1. The molecule has 0 aliphatic rings. The van der Waals surface area contributed by atoms with Gasteiger partial charge in [0.25, 0.3) is 0 Å². The van der Waals surface area contributed by atoms with Gasteiger partial charge in [-0.05, 0) is 12.3 Å². The first-order valence-electron chi connectivity index (χ1n) is 4.59. The molecule has 1 aromatic heterocycles. The average Bonchev–Trinajstić information content (AvgIpc) is 2.33. The van der Waals surface area contributed by atoms with E-state index in [0.717, 1.165) is 18.7 Å². The summed E-state index contributed by atoms with van der Waals surface area (Å²) in [7, 11) is 0. The Morgan fingerprint density at radius 1 is 1.54 bits per heavy atom. The van der Waals surface area contributed by atoms with E-state index in [4.69, 9.17) is 17.3 Å². The molecular formula is C9H16ClN3. The second-order valence-corrected chi connectivity index (χ2v) is 3.84. The minimum atomic E-state index is 0.327. The van der Waals surface area contributed by atoms with Crippen LogP contribution in [0.3, 0.4) is 0 Å². The number of rotatable bonds is 3. The molecule has 0 aliphatic heterocycles. The van der Waals surface area contributed by atoms with Gasteiger partial charge in [0.2, 0.25) is 0 Å². The van der Waals surface area contributed by atoms with Gasteiger partial charge in [0.15, 0.2) is 0 Å². The fourth-order valence-electron chi connectivity index (χ4n) is 1.22. The van der Waals surface area contributed by atoms with Gasteiger partial charge in [0, 0.05) is 6.54 Å². The van der Waals surface area contributed by atoms with Crippen LogP contribution in [0.2, 0.25) is 5.02 Å². The van der Waals surface area contributed by atoms with E-state index < -0.39 is 0 Å². The van der Waals surface area contributed by atoms with Gasteiger partial charge in [-0.2, -0.15) is 5.10 Å². The molecule has 0 aromatic carbocycles. The van der Waals surface area contributed by atoms with Crippen molar-refractivity contribution in [1.29, 1.82) is 0 Å². The van der Waals surface area contributed by atoms with Crippen molar-refractivity contribution in [2.24, 2.45) is 0 Å². The minimum Gasteiger partial charge on any atom is -0.383 e. The van der Waals surface area contributed by atoms with E-state index in [0.29, 0.717) is 16.8 Å². The highest BCUT2D eigenvalue weighted by Gasteiger charge is 2.15. The lowest BCUT2D eigenvalue weighted by atomic mass is 10.1. The minimum absolute atomic E-state index is 0.327. The fourth-order valence-corrected chi connectivity index (χ4v) is 1.58. The summed E-state index contributed by atoms with van der Waals surface area (Å²) in [5.41, 5.74) is 6.69. The lowest BCUT2D eigenvalue weighted by Crippen LogP contribution is -2.04. The van der Waals surface area contributed by atoms with Gasteiger partial charge < -0.3 is 5.73 Å². The first-order chi connectivity index (χ1) is 6.07. The lowest BCUT2D eigenvalue weighted by Gasteiger charge is -1.99. The van der Waals surface area contributed by atoms with Crippen molar-refractivity contribution in [2.45, 2.75) is 39.7 Å². The largest absolute Gasteiger partial charge is 0.383 e. The number of anilines is 1. The van der Waals surface area contributed by atoms with Crippen LogP contribution in [0.25, 0.3) is 0 Å². The second-order valence-electron chi connectivity index (χ2n) is 3.46. The smallest absolute Gasteiger partial charge is 0.140 e. The quantitative estimate of drug-likeness (QED) is 0.817. The van der Waals surface area contributed by atoms with Crippen LogP contribution >= 0.6 is 11.6 Å². The zero-order valence-electron chi connectivity index (χ0n) is 8.34. The highest BCUT2D eigenvalue weighted by Crippen LogP contribution is 2.28. The van der Waals surface area contributed by atoms with E-state index in [1.165, 1.54) is 0 Å². The molecule has 74 valence electrons. The van der Waals surface area contributed by atoms with Crippen LogP contribution in [0.4, 0.5) is 5.82 Å². The summed E-state index contributed by atoms with van der Waals surface area (Å²) >= 11 is 6.04. The molecule has 3 nitrogen and oxygen atoms in total. The van der Waals surface area contributed by atoms with Crippen molar-refractivity contribution in [2.75, 3.05) is 5.73 Å². The van der Waals surface area contributed by atoms with Crippen molar-refractivity contribution in [1.82, 2.24) is 9.78 Å². The first kappa shape index (κ1) is 10.4. The molecule has 0 fully saturated rings. The molecule has 1 rings (SSSR count). The number of nitrogen functional groups attached to an aromatic ring is 1. The summed E-state index contributed by atoms with van der Waals surface area (Å²) in [5.74, 6) is 0.917.